The monoisotopic (exact) mass is 754 g/mol. The third kappa shape index (κ3) is 8.26. The van der Waals surface area contributed by atoms with Crippen molar-refractivity contribution in [1.29, 1.82) is 0 Å². The molecule has 0 aliphatic carbocycles. The van der Waals surface area contributed by atoms with Gasteiger partial charge in [0.2, 0.25) is 0 Å². The normalized spacial score (nSPS) is 19.6. The molecule has 5 rings (SSSR count). The van der Waals surface area contributed by atoms with E-state index in [4.69, 9.17) is 14.4 Å². The number of hydrogen-bond donors (Lipinski definition) is 0. The fraction of sp³-hybridized carbons (Fsp3) is 0.366. The van der Waals surface area contributed by atoms with Gasteiger partial charge in [0.05, 0.1) is 0 Å². The average molecular weight is 754 g/mol. The second-order valence-corrected chi connectivity index (χ2v) is 16.3. The SMILES string of the molecule is CC(C)c1cccc(C(C)C)c1N1[CH-]C(C)(c2ccccc2)CC1(C)c1ccccc1.C[C](=[Ru][Cl])c1cc([N+](=O)[O-])ccc1OC(C)C. The van der Waals surface area contributed by atoms with Gasteiger partial charge < -0.3 is 4.90 Å². The molecular formula is C41H49ClN2O3Ru-. The first kappa shape index (κ1) is 37.5. The van der Waals surface area contributed by atoms with E-state index in [1.807, 2.05) is 20.8 Å². The van der Waals surface area contributed by atoms with Crippen LogP contribution in [0.4, 0.5) is 11.4 Å². The molecule has 1 aliphatic heterocycles. The van der Waals surface area contributed by atoms with Gasteiger partial charge in [0.25, 0.3) is 0 Å². The van der Waals surface area contributed by atoms with Crippen molar-refractivity contribution in [2.75, 3.05) is 4.90 Å². The first-order chi connectivity index (χ1) is 22.7. The van der Waals surface area contributed by atoms with Crippen molar-refractivity contribution < 1.29 is 25.3 Å². The van der Waals surface area contributed by atoms with Crippen LogP contribution in [0.15, 0.2) is 97.1 Å². The summed E-state index contributed by atoms with van der Waals surface area (Å²) in [6, 6.07) is 33.5. The van der Waals surface area contributed by atoms with Crippen LogP contribution in [0.3, 0.4) is 0 Å². The Hall–Kier alpha value is -3.34. The summed E-state index contributed by atoms with van der Waals surface area (Å²) in [6.07, 6.45) is 1.06. The summed E-state index contributed by atoms with van der Waals surface area (Å²) in [7, 11) is 5.85. The Morgan fingerprint density at radius 1 is 0.854 bits per heavy atom. The van der Waals surface area contributed by atoms with Gasteiger partial charge in [0, 0.05) is 11.2 Å². The van der Waals surface area contributed by atoms with E-state index in [9.17, 15) is 10.1 Å². The first-order valence-corrected chi connectivity index (χ1v) is 19.7. The van der Waals surface area contributed by atoms with Crippen molar-refractivity contribution in [3.8, 4) is 5.75 Å². The number of ether oxygens (including phenoxy) is 1. The standard InChI is InChI=1S/C30H36N.C11H13NO3.ClH.Ru/c1-22(2)26-18-13-19-27(23(3)4)28(26)31-21-29(5,24-14-9-7-10-15-24)20-30(31,6)25-16-11-8-12-17-25;1-4-9-7-10(12(13)14)5-6-11(9)15-8(2)3;;/h7-19,21-23H,20H2,1-6H3;5-8H,1-3H3;1H;/q-1;;;+1/p-1. The molecule has 2 atom stereocenters. The summed E-state index contributed by atoms with van der Waals surface area (Å²) >= 11 is -0.452. The Morgan fingerprint density at radius 2 is 1.40 bits per heavy atom. The fourth-order valence-corrected chi connectivity index (χ4v) is 7.64. The summed E-state index contributed by atoms with van der Waals surface area (Å²) < 4.78 is 6.56. The molecule has 4 aromatic rings. The van der Waals surface area contributed by atoms with Crippen LogP contribution in [-0.2, 0) is 26.6 Å². The van der Waals surface area contributed by atoms with Gasteiger partial charge in [-0.2, -0.15) is 0 Å². The van der Waals surface area contributed by atoms with Crippen molar-refractivity contribution in [3.05, 3.63) is 142 Å². The van der Waals surface area contributed by atoms with E-state index in [-0.39, 0.29) is 22.7 Å². The third-order valence-corrected chi connectivity index (χ3v) is 11.2. The number of nitro groups is 1. The average Bonchev–Trinajstić information content (AvgIpc) is 3.36. The van der Waals surface area contributed by atoms with Gasteiger partial charge in [-0.25, -0.2) is 6.54 Å². The molecule has 0 N–H and O–H groups in total. The quantitative estimate of drug-likeness (QED) is 0.0739. The molecule has 0 bridgehead atoms. The molecule has 48 heavy (non-hydrogen) atoms. The number of rotatable bonds is 9. The Bertz CT molecular complexity index is 1700. The van der Waals surface area contributed by atoms with Gasteiger partial charge in [-0.3, -0.25) is 0 Å². The van der Waals surface area contributed by atoms with Gasteiger partial charge in [-0.1, -0.05) is 119 Å². The predicted octanol–water partition coefficient (Wildman–Crippen LogP) is 11.3. The number of benzene rings is 4. The van der Waals surface area contributed by atoms with E-state index in [0.717, 1.165) is 16.1 Å². The van der Waals surface area contributed by atoms with E-state index >= 15 is 0 Å². The van der Waals surface area contributed by atoms with Crippen LogP contribution in [0.2, 0.25) is 0 Å². The molecule has 2 unspecified atom stereocenters. The molecule has 0 radical (unpaired) electrons. The summed E-state index contributed by atoms with van der Waals surface area (Å²) in [5.74, 6) is 1.58. The Balaban J connectivity index is 0.000000260. The molecule has 7 heteroatoms. The molecule has 4 aromatic carbocycles. The van der Waals surface area contributed by atoms with Gasteiger partial charge in [0.1, 0.15) is 0 Å². The maximum absolute atomic E-state index is 10.7. The minimum absolute atomic E-state index is 0.0223. The van der Waals surface area contributed by atoms with Crippen molar-refractivity contribution in [1.82, 2.24) is 0 Å². The molecular weight excluding hydrogens is 705 g/mol. The van der Waals surface area contributed by atoms with Crippen molar-refractivity contribution in [3.63, 3.8) is 0 Å². The van der Waals surface area contributed by atoms with Crippen LogP contribution in [-0.4, -0.2) is 15.1 Å². The second kappa shape index (κ2) is 15.9. The van der Waals surface area contributed by atoms with Gasteiger partial charge in [0.15, 0.2) is 0 Å². The Kier molecular flexibility index (Phi) is 12.4. The molecule has 1 fully saturated rings. The van der Waals surface area contributed by atoms with Crippen LogP contribution in [0.25, 0.3) is 0 Å². The van der Waals surface area contributed by atoms with Crippen LogP contribution in [0.1, 0.15) is 108 Å². The van der Waals surface area contributed by atoms with E-state index in [0.29, 0.717) is 17.6 Å². The van der Waals surface area contributed by atoms with Gasteiger partial charge >= 0.3 is 111 Å². The zero-order valence-corrected chi connectivity index (χ0v) is 32.1. The van der Waals surface area contributed by atoms with Crippen LogP contribution < -0.4 is 9.64 Å². The zero-order chi connectivity index (χ0) is 35.2. The molecule has 257 valence electrons. The van der Waals surface area contributed by atoms with E-state index in [2.05, 4.69) is 132 Å². The molecule has 0 amide bonds. The van der Waals surface area contributed by atoms with Gasteiger partial charge in [-0.05, 0) is 41.9 Å². The number of halogens is 1. The zero-order valence-electron chi connectivity index (χ0n) is 29.6. The molecule has 1 aliphatic rings. The summed E-state index contributed by atoms with van der Waals surface area (Å²) in [6.45, 7) is 22.3. The van der Waals surface area contributed by atoms with Crippen molar-refractivity contribution >= 4 is 25.2 Å². The summed E-state index contributed by atoms with van der Waals surface area (Å²) in [5, 5.41) is 10.7. The minimum atomic E-state index is -0.452. The Morgan fingerprint density at radius 3 is 1.88 bits per heavy atom. The topological polar surface area (TPSA) is 55.6 Å². The maximum atomic E-state index is 10.7. The molecule has 1 heterocycles. The van der Waals surface area contributed by atoms with Crippen LogP contribution in [0.5, 0.6) is 5.75 Å². The Labute approximate surface area is 299 Å². The van der Waals surface area contributed by atoms with Crippen molar-refractivity contribution in [2.45, 2.75) is 97.6 Å². The molecule has 1 saturated heterocycles. The number of non-ortho nitro benzene ring substituents is 1. The third-order valence-electron chi connectivity index (χ3n) is 9.07. The van der Waals surface area contributed by atoms with E-state index in [1.165, 1.54) is 40.1 Å². The number of nitrogens with zero attached hydrogens (tertiary/aromatic N) is 2. The number of anilines is 1. The van der Waals surface area contributed by atoms with Gasteiger partial charge in [-0.15, -0.1) is 5.41 Å². The van der Waals surface area contributed by atoms with E-state index < -0.39 is 20.6 Å². The molecule has 0 saturated carbocycles. The second-order valence-electron chi connectivity index (χ2n) is 13.9. The summed E-state index contributed by atoms with van der Waals surface area (Å²) in [4.78, 5) is 12.9. The van der Waals surface area contributed by atoms with Crippen molar-refractivity contribution in [2.24, 2.45) is 0 Å². The van der Waals surface area contributed by atoms with E-state index in [1.54, 1.807) is 6.07 Å². The fourth-order valence-electron chi connectivity index (χ4n) is 6.70. The number of para-hydroxylation sites is 1. The summed E-state index contributed by atoms with van der Waals surface area (Å²) in [5.41, 5.74) is 7.65. The van der Waals surface area contributed by atoms with Crippen LogP contribution >= 0.6 is 9.69 Å². The molecule has 5 nitrogen and oxygen atoms in total. The van der Waals surface area contributed by atoms with Crippen LogP contribution in [0, 0.1) is 16.7 Å². The molecule has 0 aromatic heterocycles. The number of nitro benzene ring substituents is 1. The predicted molar refractivity (Wildman–Crippen MR) is 198 cm³/mol. The number of hydrogen-bond acceptors (Lipinski definition) is 4. The molecule has 0 spiro atoms. The first-order valence-electron chi connectivity index (χ1n) is 16.6.